The first-order chi connectivity index (χ1) is 19.6. The van der Waals surface area contributed by atoms with Gasteiger partial charge in [0.15, 0.2) is 0 Å². The number of alkyl halides is 1. The Morgan fingerprint density at radius 3 is 2.44 bits per heavy atom. The van der Waals surface area contributed by atoms with E-state index < -0.39 is 28.7 Å². The van der Waals surface area contributed by atoms with E-state index in [1.165, 1.54) is 0 Å². The predicted molar refractivity (Wildman–Crippen MR) is 170 cm³/mol. The molecule has 0 aliphatic carbocycles. The summed E-state index contributed by atoms with van der Waals surface area (Å²) >= 11 is 11.6. The quantitative estimate of drug-likeness (QED) is 0.233. The molecule has 1 spiro atoms. The number of amides is 3. The van der Waals surface area contributed by atoms with E-state index in [0.29, 0.717) is 36.6 Å². The van der Waals surface area contributed by atoms with E-state index in [-0.39, 0.29) is 46.9 Å². The molecule has 3 aliphatic heterocycles. The van der Waals surface area contributed by atoms with Gasteiger partial charge in [0.2, 0.25) is 11.8 Å². The number of aliphatic hydroxyl groups excluding tert-OH is 1. The van der Waals surface area contributed by atoms with Crippen molar-refractivity contribution >= 4 is 62.7 Å². The van der Waals surface area contributed by atoms with Crippen LogP contribution < -0.4 is 4.90 Å². The van der Waals surface area contributed by atoms with Gasteiger partial charge in [-0.1, -0.05) is 60.5 Å². The van der Waals surface area contributed by atoms with Gasteiger partial charge in [0.1, 0.15) is 6.04 Å². The maximum atomic E-state index is 14.8. The molecule has 41 heavy (non-hydrogen) atoms. The molecule has 224 valence electrons. The minimum absolute atomic E-state index is 0.0333. The average Bonchev–Trinajstić information content (AvgIpc) is 3.53. The van der Waals surface area contributed by atoms with Crippen LogP contribution in [0, 0.1) is 17.8 Å². The van der Waals surface area contributed by atoms with Gasteiger partial charge in [-0.3, -0.25) is 14.4 Å². The molecule has 1 N–H and O–H groups in total. The second-order valence-corrected chi connectivity index (χ2v) is 14.8. The lowest BCUT2D eigenvalue weighted by Crippen LogP contribution is -2.58. The number of likely N-dealkylation sites (tertiary alicyclic amines) is 1. The van der Waals surface area contributed by atoms with Crippen LogP contribution in [0.5, 0.6) is 0 Å². The summed E-state index contributed by atoms with van der Waals surface area (Å²) in [5, 5.41) is 11.0. The number of halogens is 2. The molecule has 0 radical (unpaired) electrons. The Balaban J connectivity index is 1.85. The third kappa shape index (κ3) is 5.76. The summed E-state index contributed by atoms with van der Waals surface area (Å²) in [6.45, 7) is 14.8. The standard InChI is InChI=1S/C31H41BrClN3O4S/c1-6-13-34(14-7-2)28(38)24-25-29(39)36(22(18-37)16-19(4)5)27(31(25)17-23(32)26(24)41-31)30(40)35(15-8-3)21-11-9-20(33)10-12-21/h6,8-12,19,22-27,37H,1,3,7,13-18H2,2,4-5H3/t22-,23?,24+,25+,26+,27?,31?/m1/s1. The van der Waals surface area contributed by atoms with Crippen molar-refractivity contribution < 1.29 is 19.5 Å². The van der Waals surface area contributed by atoms with Crippen LogP contribution in [0.25, 0.3) is 0 Å². The molecule has 3 unspecified atom stereocenters. The molecule has 3 heterocycles. The molecule has 3 amide bonds. The fraction of sp³-hybridized carbons (Fsp3) is 0.581. The van der Waals surface area contributed by atoms with E-state index in [2.05, 4.69) is 29.1 Å². The Hall–Kier alpha value is -1.81. The van der Waals surface area contributed by atoms with Crippen LogP contribution in [-0.4, -0.2) is 85.8 Å². The fourth-order valence-corrected chi connectivity index (χ4v) is 10.7. The number of hydrogen-bond acceptors (Lipinski definition) is 5. The molecule has 0 aromatic heterocycles. The molecule has 3 fully saturated rings. The van der Waals surface area contributed by atoms with E-state index in [4.69, 9.17) is 11.6 Å². The van der Waals surface area contributed by atoms with Gasteiger partial charge in [0.05, 0.1) is 29.2 Å². The summed E-state index contributed by atoms with van der Waals surface area (Å²) in [4.78, 5) is 48.5. The van der Waals surface area contributed by atoms with E-state index in [1.54, 1.807) is 62.9 Å². The lowest BCUT2D eigenvalue weighted by molar-refractivity contribution is -0.145. The number of thioether (sulfide) groups is 1. The topological polar surface area (TPSA) is 81.2 Å². The zero-order valence-electron chi connectivity index (χ0n) is 24.0. The van der Waals surface area contributed by atoms with Crippen molar-refractivity contribution in [1.82, 2.24) is 9.80 Å². The molecular formula is C31H41BrClN3O4S. The van der Waals surface area contributed by atoms with Crippen LogP contribution in [0.15, 0.2) is 49.6 Å². The molecule has 7 nitrogen and oxygen atoms in total. The van der Waals surface area contributed by atoms with Crippen molar-refractivity contribution in [3.8, 4) is 0 Å². The lowest BCUT2D eigenvalue weighted by atomic mass is 9.70. The monoisotopic (exact) mass is 665 g/mol. The molecule has 7 atom stereocenters. The van der Waals surface area contributed by atoms with E-state index >= 15 is 0 Å². The van der Waals surface area contributed by atoms with Gasteiger partial charge in [0, 0.05) is 40.4 Å². The van der Waals surface area contributed by atoms with Gasteiger partial charge >= 0.3 is 0 Å². The SMILES string of the molecule is C=CCN(CCC)C(=O)[C@H]1[C@H]2C(=O)N([C@@H](CO)CC(C)C)C(C(=O)N(CC=C)c3ccc(Cl)cc3)C23CC(Br)[C@@H]1S3. The Morgan fingerprint density at radius 1 is 1.22 bits per heavy atom. The second-order valence-electron chi connectivity index (χ2n) is 11.7. The normalized spacial score (nSPS) is 29.0. The smallest absolute Gasteiger partial charge is 0.251 e. The van der Waals surface area contributed by atoms with Crippen molar-refractivity contribution in [2.45, 2.75) is 66.9 Å². The summed E-state index contributed by atoms with van der Waals surface area (Å²) in [5.74, 6) is -1.55. The highest BCUT2D eigenvalue weighted by Gasteiger charge is 2.76. The Bertz CT molecular complexity index is 1170. The largest absolute Gasteiger partial charge is 0.394 e. The van der Waals surface area contributed by atoms with E-state index in [9.17, 15) is 19.5 Å². The van der Waals surface area contributed by atoms with E-state index in [1.807, 2.05) is 20.8 Å². The molecule has 0 saturated carbocycles. The zero-order valence-corrected chi connectivity index (χ0v) is 27.2. The molecule has 1 aromatic carbocycles. The van der Waals surface area contributed by atoms with Gasteiger partial charge in [-0.2, -0.15) is 0 Å². The summed E-state index contributed by atoms with van der Waals surface area (Å²) in [7, 11) is 0. The van der Waals surface area contributed by atoms with Crippen molar-refractivity contribution in [2.24, 2.45) is 17.8 Å². The van der Waals surface area contributed by atoms with Crippen LogP contribution in [0.1, 0.15) is 40.0 Å². The zero-order chi connectivity index (χ0) is 30.1. The lowest BCUT2D eigenvalue weighted by Gasteiger charge is -2.40. The first-order valence-electron chi connectivity index (χ1n) is 14.4. The fourth-order valence-electron chi connectivity index (χ4n) is 6.99. The molecule has 2 bridgehead atoms. The summed E-state index contributed by atoms with van der Waals surface area (Å²) in [6.07, 6.45) is 5.29. The van der Waals surface area contributed by atoms with Gasteiger partial charge < -0.3 is 19.8 Å². The molecule has 3 aliphatic rings. The van der Waals surface area contributed by atoms with Gasteiger partial charge in [-0.05, 0) is 49.4 Å². The number of anilines is 1. The minimum atomic E-state index is -0.849. The summed E-state index contributed by atoms with van der Waals surface area (Å²) in [5.41, 5.74) is 0.650. The Kier molecular flexibility index (Phi) is 10.4. The maximum Gasteiger partial charge on any atom is 0.251 e. The van der Waals surface area contributed by atoms with Crippen LogP contribution in [0.4, 0.5) is 5.69 Å². The number of carbonyl (C=O) groups excluding carboxylic acids is 3. The molecule has 4 rings (SSSR count). The number of carbonyl (C=O) groups is 3. The van der Waals surface area contributed by atoms with Crippen molar-refractivity contribution in [1.29, 1.82) is 0 Å². The number of benzene rings is 1. The number of aliphatic hydroxyl groups is 1. The van der Waals surface area contributed by atoms with Crippen molar-refractivity contribution in [2.75, 3.05) is 31.1 Å². The first kappa shape index (κ1) is 32.1. The average molecular weight is 667 g/mol. The maximum absolute atomic E-state index is 14.8. The van der Waals surface area contributed by atoms with Crippen molar-refractivity contribution in [3.63, 3.8) is 0 Å². The third-order valence-electron chi connectivity index (χ3n) is 8.46. The highest BCUT2D eigenvalue weighted by molar-refractivity contribution is 9.09. The van der Waals surface area contributed by atoms with E-state index in [0.717, 1.165) is 6.42 Å². The number of fused-ring (bicyclic) bond motifs is 1. The van der Waals surface area contributed by atoms with Crippen LogP contribution >= 0.6 is 39.3 Å². The highest BCUT2D eigenvalue weighted by atomic mass is 79.9. The number of hydrogen-bond donors (Lipinski definition) is 1. The molecule has 10 heteroatoms. The molecular weight excluding hydrogens is 626 g/mol. The highest BCUT2D eigenvalue weighted by Crippen LogP contribution is 2.68. The van der Waals surface area contributed by atoms with Crippen LogP contribution in [0.3, 0.4) is 0 Å². The summed E-state index contributed by atoms with van der Waals surface area (Å²) < 4.78 is -0.810. The first-order valence-corrected chi connectivity index (χ1v) is 16.6. The van der Waals surface area contributed by atoms with Crippen LogP contribution in [0.2, 0.25) is 5.02 Å². The van der Waals surface area contributed by atoms with Gasteiger partial charge in [-0.25, -0.2) is 0 Å². The predicted octanol–water partition coefficient (Wildman–Crippen LogP) is 5.16. The Labute approximate surface area is 261 Å². The second kappa shape index (κ2) is 13.2. The summed E-state index contributed by atoms with van der Waals surface area (Å²) in [6, 6.07) is 5.64. The third-order valence-corrected chi connectivity index (χ3v) is 11.9. The van der Waals surface area contributed by atoms with Crippen LogP contribution in [-0.2, 0) is 14.4 Å². The Morgan fingerprint density at radius 2 is 1.88 bits per heavy atom. The number of rotatable bonds is 13. The van der Waals surface area contributed by atoms with Crippen molar-refractivity contribution in [3.05, 3.63) is 54.6 Å². The number of nitrogens with zero attached hydrogens (tertiary/aromatic N) is 3. The molecule has 3 saturated heterocycles. The minimum Gasteiger partial charge on any atom is -0.394 e. The molecule has 1 aromatic rings. The van der Waals surface area contributed by atoms with Gasteiger partial charge in [-0.15, -0.1) is 24.9 Å². The van der Waals surface area contributed by atoms with Gasteiger partial charge in [0.25, 0.3) is 5.91 Å².